The summed E-state index contributed by atoms with van der Waals surface area (Å²) < 4.78 is 118. The summed E-state index contributed by atoms with van der Waals surface area (Å²) in [4.78, 5) is 0. The molecular formula is C4Cl2F7NO4S2. The van der Waals surface area contributed by atoms with Crippen LogP contribution in [-0.4, -0.2) is 34.7 Å². The smallest absolute Gasteiger partial charge is 0.245 e. The van der Waals surface area contributed by atoms with Crippen molar-refractivity contribution >= 4 is 44.7 Å². The normalized spacial score (nSPS) is 15.1. The van der Waals surface area contributed by atoms with Crippen molar-refractivity contribution in [3.63, 3.8) is 0 Å². The number of halogens is 9. The second-order valence-electron chi connectivity index (χ2n) is 2.77. The van der Waals surface area contributed by atoms with Crippen molar-refractivity contribution in [2.75, 3.05) is 0 Å². The topological polar surface area (TPSA) is 72.8 Å². The van der Waals surface area contributed by atoms with E-state index >= 15 is 0 Å². The number of alkyl halides is 9. The van der Waals surface area contributed by atoms with Gasteiger partial charge in [-0.3, -0.25) is 0 Å². The Morgan fingerprint density at radius 1 is 0.950 bits per heavy atom. The highest BCUT2D eigenvalue weighted by Gasteiger charge is 2.73. The van der Waals surface area contributed by atoms with Gasteiger partial charge in [0.2, 0.25) is 11.5 Å². The zero-order valence-electron chi connectivity index (χ0n) is 8.30. The molecule has 0 unspecified atom stereocenters. The van der Waals surface area contributed by atoms with Gasteiger partial charge in [0.25, 0.3) is 0 Å². The Bertz CT molecular complexity index is 525. The van der Waals surface area contributed by atoms with E-state index in [2.05, 4.69) is 27.9 Å². The molecule has 0 aromatic heterocycles. The van der Waals surface area contributed by atoms with Crippen molar-refractivity contribution in [3.05, 3.63) is 0 Å². The average Bonchev–Trinajstić information content (AvgIpc) is 2.12. The number of rotatable bonds is 6. The minimum absolute atomic E-state index is 1.42. The molecule has 0 N–H and O–H groups in total. The van der Waals surface area contributed by atoms with Crippen molar-refractivity contribution < 1.29 is 48.1 Å². The van der Waals surface area contributed by atoms with Gasteiger partial charge in [0.15, 0.2) is 0 Å². The van der Waals surface area contributed by atoms with Crippen LogP contribution in [0.25, 0.3) is 0 Å². The third-order valence-corrected chi connectivity index (χ3v) is 3.73. The number of hydrogen-bond donors (Lipinski definition) is 0. The number of nitrogens with zero attached hydrogens (tertiary/aromatic N) is 1. The summed E-state index contributed by atoms with van der Waals surface area (Å²) in [5.74, 6) is 0. The summed E-state index contributed by atoms with van der Waals surface area (Å²) in [5, 5.41) is -6.42. The third kappa shape index (κ3) is 3.72. The van der Waals surface area contributed by atoms with Gasteiger partial charge in [0.05, 0.1) is 0 Å². The van der Waals surface area contributed by atoms with E-state index < -0.39 is 43.5 Å². The van der Waals surface area contributed by atoms with Gasteiger partial charge in [0.1, 0.15) is 0 Å². The molecule has 0 bridgehead atoms. The molecule has 0 fully saturated rings. The van der Waals surface area contributed by atoms with Crippen molar-refractivity contribution in [1.29, 1.82) is 0 Å². The zero-order chi connectivity index (χ0) is 16.6. The van der Waals surface area contributed by atoms with Crippen LogP contribution in [0, 0.1) is 0 Å². The predicted octanol–water partition coefficient (Wildman–Crippen LogP) is 2.61. The fourth-order valence-corrected chi connectivity index (χ4v) is 1.63. The van der Waals surface area contributed by atoms with Crippen molar-refractivity contribution in [1.82, 2.24) is 0 Å². The van der Waals surface area contributed by atoms with Crippen LogP contribution >= 0.6 is 23.2 Å². The predicted molar refractivity (Wildman–Crippen MR) is 51.0 cm³/mol. The molecule has 0 aliphatic rings. The molecule has 0 rings (SSSR count). The fourth-order valence-electron chi connectivity index (χ4n) is 0.515. The van der Waals surface area contributed by atoms with E-state index in [4.69, 9.17) is 0 Å². The summed E-state index contributed by atoms with van der Waals surface area (Å²) in [6.45, 7) is 0. The molecule has 16 heteroatoms. The summed E-state index contributed by atoms with van der Waals surface area (Å²) in [7, 11) is -6.56. The van der Waals surface area contributed by atoms with Gasteiger partial charge in [0, 0.05) is 0 Å². The minimum atomic E-state index is -6.56. The van der Waals surface area contributed by atoms with E-state index in [1.54, 1.807) is 0 Å². The highest BCUT2D eigenvalue weighted by Crippen LogP contribution is 2.49. The first-order chi connectivity index (χ1) is 8.52. The van der Waals surface area contributed by atoms with Crippen molar-refractivity contribution in [3.8, 4) is 0 Å². The van der Waals surface area contributed by atoms with Crippen molar-refractivity contribution in [2.24, 2.45) is 3.77 Å². The van der Waals surface area contributed by atoms with E-state index in [0.29, 0.717) is 0 Å². The number of hydrogen-bond acceptors (Lipinski definition) is 4. The molecular weight excluding hydrogens is 394 g/mol. The molecule has 0 saturated carbocycles. The Balaban J connectivity index is 5.72. The Morgan fingerprint density at radius 2 is 1.35 bits per heavy atom. The van der Waals surface area contributed by atoms with Gasteiger partial charge in [-0.15, -0.1) is 0 Å². The molecule has 0 amide bonds. The Morgan fingerprint density at radius 3 is 1.65 bits per heavy atom. The average molecular weight is 394 g/mol. The lowest BCUT2D eigenvalue weighted by atomic mass is 10.6. The molecule has 0 aromatic rings. The molecule has 0 aromatic carbocycles. The molecule has 20 heavy (non-hydrogen) atoms. The summed E-state index contributed by atoms with van der Waals surface area (Å²) in [6, 6.07) is 0. The fraction of sp³-hybridized carbons (Fsp3) is 1.00. The summed E-state index contributed by atoms with van der Waals surface area (Å²) in [5.41, 5.74) is 0. The SMILES string of the molecule is O=S=NS(=O)(=O)C(F)(F)C(F)(F)OC(F)(F)C(F)(Cl)Cl. The Kier molecular flexibility index (Phi) is 5.50. The maximum absolute atomic E-state index is 12.8. The van der Waals surface area contributed by atoms with Crippen LogP contribution in [0.1, 0.15) is 0 Å². The molecule has 0 heterocycles. The van der Waals surface area contributed by atoms with Gasteiger partial charge < -0.3 is 0 Å². The monoisotopic (exact) mass is 393 g/mol. The summed E-state index contributed by atoms with van der Waals surface area (Å²) in [6.07, 6.45) is -12.4. The number of sulfonamides is 1. The lowest BCUT2D eigenvalue weighted by molar-refractivity contribution is -0.423. The minimum Gasteiger partial charge on any atom is -0.245 e. The molecule has 120 valence electrons. The molecule has 0 radical (unpaired) electrons. The lowest BCUT2D eigenvalue weighted by Gasteiger charge is -2.29. The third-order valence-electron chi connectivity index (χ3n) is 1.38. The van der Waals surface area contributed by atoms with Gasteiger partial charge in [-0.1, -0.05) is 27.0 Å². The maximum Gasteiger partial charge on any atom is 0.456 e. The summed E-state index contributed by atoms with van der Waals surface area (Å²) >= 11 is 6.73. The molecule has 0 spiro atoms. The first kappa shape index (κ1) is 19.8. The molecule has 0 atom stereocenters. The van der Waals surface area contributed by atoms with E-state index in [9.17, 15) is 43.4 Å². The van der Waals surface area contributed by atoms with E-state index in [1.807, 2.05) is 0 Å². The number of ether oxygens (including phenoxy) is 1. The zero-order valence-corrected chi connectivity index (χ0v) is 11.4. The largest absolute Gasteiger partial charge is 0.456 e. The standard InChI is InChI=1S/C4Cl2F7NO4S2/c5-1(6,7)2(8,9)18-3(10,11)4(12,13)20(16,17)14-19-15. The van der Waals surface area contributed by atoms with E-state index in [1.165, 1.54) is 3.77 Å². The van der Waals surface area contributed by atoms with Crippen LogP contribution in [0.4, 0.5) is 30.7 Å². The van der Waals surface area contributed by atoms with Gasteiger partial charge in [-0.05, 0) is 0 Å². The van der Waals surface area contributed by atoms with E-state index in [0.717, 1.165) is 0 Å². The van der Waals surface area contributed by atoms with E-state index in [-0.39, 0.29) is 0 Å². The van der Waals surface area contributed by atoms with Crippen LogP contribution in [-0.2, 0) is 26.2 Å². The van der Waals surface area contributed by atoms with Gasteiger partial charge >= 0.3 is 32.1 Å². The Hall–Kier alpha value is -0.180. The quantitative estimate of drug-likeness (QED) is 0.513. The highest BCUT2D eigenvalue weighted by atomic mass is 35.5. The molecule has 5 nitrogen and oxygen atoms in total. The second-order valence-corrected chi connectivity index (χ2v) is 6.22. The molecule has 0 aliphatic carbocycles. The maximum atomic E-state index is 12.8. The van der Waals surface area contributed by atoms with Gasteiger partial charge in [-0.2, -0.15) is 43.4 Å². The lowest BCUT2D eigenvalue weighted by Crippen LogP contribution is -2.54. The van der Waals surface area contributed by atoms with Crippen molar-refractivity contribution in [2.45, 2.75) is 22.1 Å². The van der Waals surface area contributed by atoms with Crippen LogP contribution in [0.15, 0.2) is 3.77 Å². The first-order valence-corrected chi connectivity index (χ1v) is 6.57. The first-order valence-electron chi connectivity index (χ1n) is 3.68. The second kappa shape index (κ2) is 5.55. The van der Waals surface area contributed by atoms with Gasteiger partial charge in [-0.25, -0.2) is 4.74 Å². The highest BCUT2D eigenvalue weighted by molar-refractivity contribution is 7.94. The molecule has 0 saturated heterocycles. The Labute approximate surface area is 119 Å². The van der Waals surface area contributed by atoms with Crippen LogP contribution in [0.3, 0.4) is 0 Å². The molecule has 0 aliphatic heterocycles. The van der Waals surface area contributed by atoms with Crippen LogP contribution < -0.4 is 0 Å². The van der Waals surface area contributed by atoms with Crippen LogP contribution in [0.2, 0.25) is 0 Å². The van der Waals surface area contributed by atoms with Crippen LogP contribution in [0.5, 0.6) is 0 Å².